The molecule has 0 saturated carbocycles. The first-order valence-electron chi connectivity index (χ1n) is 11.3. The first kappa shape index (κ1) is 20.1. The van der Waals surface area contributed by atoms with Crippen molar-refractivity contribution in [3.63, 3.8) is 0 Å². The van der Waals surface area contributed by atoms with E-state index in [1.165, 1.54) is 22.0 Å². The van der Waals surface area contributed by atoms with Crippen molar-refractivity contribution < 1.29 is 9.53 Å². The standard InChI is InChI=1S/C25H30N4O2/c1-3-29-22-12-15-27(17-21(22)24(26-29)25(30)28-13-6-7-14-28)16-20-19-9-5-4-8-18(19)10-11-23(20)31-2/h4-5,8-11H,3,6-7,12-17H2,1-2H3. The Balaban J connectivity index is 1.47. The lowest BCUT2D eigenvalue weighted by Crippen LogP contribution is -2.33. The summed E-state index contributed by atoms with van der Waals surface area (Å²) in [7, 11) is 1.74. The van der Waals surface area contributed by atoms with Gasteiger partial charge in [0.15, 0.2) is 5.69 Å². The Morgan fingerprint density at radius 2 is 1.90 bits per heavy atom. The van der Waals surface area contributed by atoms with Crippen LogP contribution in [0.15, 0.2) is 36.4 Å². The van der Waals surface area contributed by atoms with Crippen LogP contribution in [0, 0.1) is 0 Å². The average Bonchev–Trinajstić information content (AvgIpc) is 3.47. The molecule has 31 heavy (non-hydrogen) atoms. The van der Waals surface area contributed by atoms with Crippen molar-refractivity contribution in [2.45, 2.75) is 45.8 Å². The molecule has 162 valence electrons. The highest BCUT2D eigenvalue weighted by Crippen LogP contribution is 2.32. The summed E-state index contributed by atoms with van der Waals surface area (Å²) in [6, 6.07) is 12.6. The Morgan fingerprint density at radius 3 is 2.68 bits per heavy atom. The predicted octanol–water partition coefficient (Wildman–Crippen LogP) is 3.86. The number of amides is 1. The molecule has 0 spiro atoms. The van der Waals surface area contributed by atoms with Gasteiger partial charge >= 0.3 is 0 Å². The molecule has 0 unspecified atom stereocenters. The molecule has 0 N–H and O–H groups in total. The fourth-order valence-electron chi connectivity index (χ4n) is 5.08. The van der Waals surface area contributed by atoms with Crippen LogP contribution in [-0.4, -0.2) is 52.2 Å². The number of hydrogen-bond acceptors (Lipinski definition) is 4. The molecule has 2 aliphatic heterocycles. The molecule has 0 radical (unpaired) electrons. The van der Waals surface area contributed by atoms with Crippen molar-refractivity contribution in [1.29, 1.82) is 0 Å². The highest BCUT2D eigenvalue weighted by Gasteiger charge is 2.31. The van der Waals surface area contributed by atoms with E-state index in [2.05, 4.69) is 48.2 Å². The quantitative estimate of drug-likeness (QED) is 0.631. The molecule has 2 aliphatic rings. The number of hydrogen-bond donors (Lipinski definition) is 0. The van der Waals surface area contributed by atoms with Crippen molar-refractivity contribution in [2.24, 2.45) is 0 Å². The molecular weight excluding hydrogens is 388 g/mol. The van der Waals surface area contributed by atoms with Gasteiger partial charge in [0, 0.05) is 62.5 Å². The van der Waals surface area contributed by atoms with Gasteiger partial charge in [-0.25, -0.2) is 0 Å². The van der Waals surface area contributed by atoms with Crippen LogP contribution in [0.3, 0.4) is 0 Å². The predicted molar refractivity (Wildman–Crippen MR) is 121 cm³/mol. The normalized spacial score (nSPS) is 16.6. The Labute approximate surface area is 183 Å². The Morgan fingerprint density at radius 1 is 1.10 bits per heavy atom. The number of nitrogens with zero attached hydrogens (tertiary/aromatic N) is 4. The number of aryl methyl sites for hydroxylation is 1. The first-order chi connectivity index (χ1) is 15.2. The Hall–Kier alpha value is -2.86. The molecule has 2 aromatic carbocycles. The molecule has 3 heterocycles. The van der Waals surface area contributed by atoms with Gasteiger partial charge in [0.25, 0.3) is 5.91 Å². The van der Waals surface area contributed by atoms with E-state index in [0.29, 0.717) is 5.69 Å². The first-order valence-corrected chi connectivity index (χ1v) is 11.3. The largest absolute Gasteiger partial charge is 0.496 e. The lowest BCUT2D eigenvalue weighted by Gasteiger charge is -2.29. The van der Waals surface area contributed by atoms with Crippen LogP contribution in [-0.2, 0) is 26.1 Å². The van der Waals surface area contributed by atoms with Gasteiger partial charge in [-0.05, 0) is 36.6 Å². The van der Waals surface area contributed by atoms with Gasteiger partial charge in [0.1, 0.15) is 5.75 Å². The van der Waals surface area contributed by atoms with Crippen molar-refractivity contribution in [3.8, 4) is 5.75 Å². The van der Waals surface area contributed by atoms with Gasteiger partial charge in [-0.3, -0.25) is 14.4 Å². The van der Waals surface area contributed by atoms with Crippen molar-refractivity contribution in [3.05, 3.63) is 58.9 Å². The highest BCUT2D eigenvalue weighted by molar-refractivity contribution is 5.94. The zero-order valence-corrected chi connectivity index (χ0v) is 18.4. The third-order valence-electron chi connectivity index (χ3n) is 6.71. The van der Waals surface area contributed by atoms with E-state index in [1.807, 2.05) is 9.58 Å². The lowest BCUT2D eigenvalue weighted by atomic mass is 10.00. The summed E-state index contributed by atoms with van der Waals surface area (Å²) in [6.07, 6.45) is 3.10. The number of aromatic nitrogens is 2. The van der Waals surface area contributed by atoms with E-state index in [0.717, 1.165) is 69.8 Å². The zero-order chi connectivity index (χ0) is 21.4. The lowest BCUT2D eigenvalue weighted by molar-refractivity contribution is 0.0783. The monoisotopic (exact) mass is 418 g/mol. The van der Waals surface area contributed by atoms with Crippen molar-refractivity contribution in [2.75, 3.05) is 26.7 Å². The minimum absolute atomic E-state index is 0.102. The van der Waals surface area contributed by atoms with Gasteiger partial charge in [-0.1, -0.05) is 30.3 Å². The maximum absolute atomic E-state index is 13.2. The van der Waals surface area contributed by atoms with Crippen LogP contribution >= 0.6 is 0 Å². The van der Waals surface area contributed by atoms with Crippen LogP contribution in [0.25, 0.3) is 10.8 Å². The molecule has 5 rings (SSSR count). The molecular formula is C25H30N4O2. The minimum atomic E-state index is 0.102. The molecule has 0 bridgehead atoms. The summed E-state index contributed by atoms with van der Waals surface area (Å²) in [6.45, 7) is 7.09. The van der Waals surface area contributed by atoms with Gasteiger partial charge in [0.2, 0.25) is 0 Å². The van der Waals surface area contributed by atoms with Crippen LogP contribution in [0.1, 0.15) is 47.1 Å². The van der Waals surface area contributed by atoms with Crippen LogP contribution in [0.5, 0.6) is 5.75 Å². The zero-order valence-electron chi connectivity index (χ0n) is 18.4. The Kier molecular flexibility index (Phi) is 5.40. The van der Waals surface area contributed by atoms with E-state index in [1.54, 1.807) is 7.11 Å². The smallest absolute Gasteiger partial charge is 0.274 e. The SMILES string of the molecule is CCn1nc(C(=O)N2CCCC2)c2c1CCN(Cc1c(OC)ccc3ccccc13)C2. The second kappa shape index (κ2) is 8.35. The second-order valence-electron chi connectivity index (χ2n) is 8.52. The summed E-state index contributed by atoms with van der Waals surface area (Å²) in [5.41, 5.74) is 4.21. The molecule has 1 saturated heterocycles. The highest BCUT2D eigenvalue weighted by atomic mass is 16.5. The fourth-order valence-corrected chi connectivity index (χ4v) is 5.08. The molecule has 1 fully saturated rings. The van der Waals surface area contributed by atoms with E-state index >= 15 is 0 Å². The maximum Gasteiger partial charge on any atom is 0.274 e. The number of fused-ring (bicyclic) bond motifs is 2. The maximum atomic E-state index is 13.2. The van der Waals surface area contributed by atoms with E-state index in [-0.39, 0.29) is 5.91 Å². The van der Waals surface area contributed by atoms with Gasteiger partial charge < -0.3 is 9.64 Å². The number of ether oxygens (including phenoxy) is 1. The average molecular weight is 419 g/mol. The van der Waals surface area contributed by atoms with Crippen LogP contribution in [0.4, 0.5) is 0 Å². The summed E-state index contributed by atoms with van der Waals surface area (Å²) >= 11 is 0. The number of benzene rings is 2. The number of carbonyl (C=O) groups is 1. The minimum Gasteiger partial charge on any atom is -0.496 e. The van der Waals surface area contributed by atoms with Gasteiger partial charge in [-0.15, -0.1) is 0 Å². The molecule has 1 amide bonds. The molecule has 6 nitrogen and oxygen atoms in total. The molecule has 1 aromatic heterocycles. The van der Waals surface area contributed by atoms with Gasteiger partial charge in [-0.2, -0.15) is 5.10 Å². The van der Waals surface area contributed by atoms with E-state index in [4.69, 9.17) is 9.84 Å². The fraction of sp³-hybridized carbons (Fsp3) is 0.440. The molecule has 0 atom stereocenters. The van der Waals surface area contributed by atoms with Crippen molar-refractivity contribution in [1.82, 2.24) is 19.6 Å². The number of carbonyl (C=O) groups excluding carboxylic acids is 1. The Bertz CT molecular complexity index is 1110. The summed E-state index contributed by atoms with van der Waals surface area (Å²) in [5, 5.41) is 7.20. The number of methoxy groups -OCH3 is 1. The third kappa shape index (κ3) is 3.59. The number of likely N-dealkylation sites (tertiary alicyclic amines) is 1. The van der Waals surface area contributed by atoms with Gasteiger partial charge in [0.05, 0.1) is 7.11 Å². The van der Waals surface area contributed by atoms with E-state index < -0.39 is 0 Å². The van der Waals surface area contributed by atoms with E-state index in [9.17, 15) is 4.79 Å². The molecule has 3 aromatic rings. The second-order valence-corrected chi connectivity index (χ2v) is 8.52. The summed E-state index contributed by atoms with van der Waals surface area (Å²) in [5.74, 6) is 1.02. The molecule has 0 aliphatic carbocycles. The summed E-state index contributed by atoms with van der Waals surface area (Å²) in [4.78, 5) is 17.6. The summed E-state index contributed by atoms with van der Waals surface area (Å²) < 4.78 is 7.75. The number of rotatable bonds is 5. The van der Waals surface area contributed by atoms with Crippen molar-refractivity contribution >= 4 is 16.7 Å². The van der Waals surface area contributed by atoms with Crippen LogP contribution < -0.4 is 4.74 Å². The third-order valence-corrected chi connectivity index (χ3v) is 6.71. The topological polar surface area (TPSA) is 50.6 Å². The molecule has 6 heteroatoms. The van der Waals surface area contributed by atoms with Crippen LogP contribution in [0.2, 0.25) is 0 Å².